The van der Waals surface area contributed by atoms with Gasteiger partial charge in [0.05, 0.1) is 12.7 Å². The third-order valence-electron chi connectivity index (χ3n) is 4.82. The van der Waals surface area contributed by atoms with Crippen LogP contribution in [0.3, 0.4) is 0 Å². The lowest BCUT2D eigenvalue weighted by molar-refractivity contribution is -0.0767. The zero-order valence-corrected chi connectivity index (χ0v) is 13.9. The van der Waals surface area contributed by atoms with Crippen LogP contribution in [0.15, 0.2) is 28.7 Å². The summed E-state index contributed by atoms with van der Waals surface area (Å²) in [5.41, 5.74) is 1.50. The van der Waals surface area contributed by atoms with E-state index in [4.69, 9.17) is 4.74 Å². The Labute approximate surface area is 130 Å². The van der Waals surface area contributed by atoms with E-state index in [1.165, 1.54) is 31.2 Å². The molecule has 3 heteroatoms. The van der Waals surface area contributed by atoms with E-state index in [0.717, 1.165) is 17.0 Å². The van der Waals surface area contributed by atoms with E-state index in [0.29, 0.717) is 6.04 Å². The van der Waals surface area contributed by atoms with Crippen LogP contribution >= 0.6 is 15.9 Å². The van der Waals surface area contributed by atoms with Crippen LogP contribution in [0.4, 0.5) is 0 Å². The number of benzene rings is 1. The fourth-order valence-electron chi connectivity index (χ4n) is 3.95. The molecule has 1 heterocycles. The predicted molar refractivity (Wildman–Crippen MR) is 85.8 cm³/mol. The van der Waals surface area contributed by atoms with Crippen LogP contribution in [-0.2, 0) is 4.74 Å². The van der Waals surface area contributed by atoms with E-state index in [2.05, 4.69) is 59.4 Å². The van der Waals surface area contributed by atoms with Crippen molar-refractivity contribution in [3.8, 4) is 0 Å². The Morgan fingerprint density at radius 3 is 2.65 bits per heavy atom. The van der Waals surface area contributed by atoms with Gasteiger partial charge in [-0.05, 0) is 43.4 Å². The molecule has 0 radical (unpaired) electrons. The van der Waals surface area contributed by atoms with Gasteiger partial charge in [-0.2, -0.15) is 0 Å². The molecule has 2 fully saturated rings. The summed E-state index contributed by atoms with van der Waals surface area (Å²) in [5.74, 6) is 0.816. The third-order valence-corrected chi connectivity index (χ3v) is 5.35. The van der Waals surface area contributed by atoms with Gasteiger partial charge in [0.25, 0.3) is 0 Å². The first kappa shape index (κ1) is 14.6. The zero-order valence-electron chi connectivity index (χ0n) is 12.4. The van der Waals surface area contributed by atoms with E-state index in [1.54, 1.807) is 0 Å². The lowest BCUT2D eigenvalue weighted by Gasteiger charge is -2.48. The molecule has 1 aromatic carbocycles. The first-order chi connectivity index (χ1) is 9.58. The second kappa shape index (κ2) is 5.78. The summed E-state index contributed by atoms with van der Waals surface area (Å²) in [6, 6.07) is 8.88. The van der Waals surface area contributed by atoms with Gasteiger partial charge in [0.15, 0.2) is 0 Å². The summed E-state index contributed by atoms with van der Waals surface area (Å²) in [6.07, 6.45) is 5.38. The Hall–Kier alpha value is -0.380. The maximum absolute atomic E-state index is 6.28. The third kappa shape index (κ3) is 2.95. The lowest BCUT2D eigenvalue weighted by atomic mass is 9.75. The molecule has 1 spiro atoms. The first-order valence-electron chi connectivity index (χ1n) is 7.73. The molecule has 110 valence electrons. The van der Waals surface area contributed by atoms with E-state index >= 15 is 0 Å². The fraction of sp³-hybridized carbons (Fsp3) is 0.647. The fourth-order valence-corrected chi connectivity index (χ4v) is 4.22. The number of morpholine rings is 1. The molecule has 3 rings (SSSR count). The standard InChI is InChI=1S/C17H24BrNO/c1-12-4-3-9-17(10-12)11-20-16(13(2)19-17)14-5-7-15(18)8-6-14/h5-8,12-13,16,19H,3-4,9-11H2,1-2H3. The van der Waals surface area contributed by atoms with Crippen molar-refractivity contribution in [1.29, 1.82) is 0 Å². The quantitative estimate of drug-likeness (QED) is 0.817. The Kier molecular flexibility index (Phi) is 4.21. The molecule has 2 nitrogen and oxygen atoms in total. The molecule has 1 N–H and O–H groups in total. The zero-order chi connectivity index (χ0) is 14.2. The van der Waals surface area contributed by atoms with Crippen molar-refractivity contribution in [1.82, 2.24) is 5.32 Å². The van der Waals surface area contributed by atoms with Crippen LogP contribution in [0.2, 0.25) is 0 Å². The van der Waals surface area contributed by atoms with Gasteiger partial charge in [-0.15, -0.1) is 0 Å². The van der Waals surface area contributed by atoms with Crippen LogP contribution < -0.4 is 5.32 Å². The maximum Gasteiger partial charge on any atom is 0.0976 e. The Bertz CT molecular complexity index is 461. The number of rotatable bonds is 1. The highest BCUT2D eigenvalue weighted by Crippen LogP contribution is 2.38. The molecule has 4 atom stereocenters. The number of halogens is 1. The number of ether oxygens (including phenoxy) is 1. The van der Waals surface area contributed by atoms with E-state index in [1.807, 2.05) is 0 Å². The smallest absolute Gasteiger partial charge is 0.0976 e. The normalized spacial score (nSPS) is 38.0. The molecule has 0 aromatic heterocycles. The first-order valence-corrected chi connectivity index (χ1v) is 8.52. The Morgan fingerprint density at radius 2 is 2.00 bits per heavy atom. The second-order valence-electron chi connectivity index (χ2n) is 6.70. The highest BCUT2D eigenvalue weighted by molar-refractivity contribution is 9.10. The van der Waals surface area contributed by atoms with Crippen LogP contribution in [0.25, 0.3) is 0 Å². The molecule has 20 heavy (non-hydrogen) atoms. The van der Waals surface area contributed by atoms with Gasteiger partial charge < -0.3 is 10.1 Å². The highest BCUT2D eigenvalue weighted by Gasteiger charge is 2.42. The van der Waals surface area contributed by atoms with Crippen molar-refractivity contribution in [2.45, 2.75) is 57.2 Å². The van der Waals surface area contributed by atoms with Crippen LogP contribution in [0.1, 0.15) is 51.2 Å². The largest absolute Gasteiger partial charge is 0.370 e. The molecule has 1 aromatic rings. The van der Waals surface area contributed by atoms with Gasteiger partial charge in [0.2, 0.25) is 0 Å². The summed E-state index contributed by atoms with van der Waals surface area (Å²) >= 11 is 3.49. The molecular weight excluding hydrogens is 314 g/mol. The Morgan fingerprint density at radius 1 is 1.25 bits per heavy atom. The molecule has 0 amide bonds. The predicted octanol–water partition coefficient (Wildman–Crippen LogP) is 4.45. The monoisotopic (exact) mass is 337 g/mol. The van der Waals surface area contributed by atoms with Crippen LogP contribution in [0.5, 0.6) is 0 Å². The van der Waals surface area contributed by atoms with Gasteiger partial charge >= 0.3 is 0 Å². The van der Waals surface area contributed by atoms with Crippen molar-refractivity contribution in [3.63, 3.8) is 0 Å². The van der Waals surface area contributed by atoms with Crippen LogP contribution in [-0.4, -0.2) is 18.2 Å². The highest BCUT2D eigenvalue weighted by atomic mass is 79.9. The van der Waals surface area contributed by atoms with Crippen LogP contribution in [0, 0.1) is 5.92 Å². The van der Waals surface area contributed by atoms with Crippen molar-refractivity contribution in [3.05, 3.63) is 34.3 Å². The molecule has 1 saturated carbocycles. The molecule has 1 aliphatic heterocycles. The SMILES string of the molecule is CC1CCCC2(COC(c3ccc(Br)cc3)C(C)N2)C1. The molecule has 4 unspecified atom stereocenters. The van der Waals surface area contributed by atoms with Crippen molar-refractivity contribution in [2.75, 3.05) is 6.61 Å². The van der Waals surface area contributed by atoms with Gasteiger partial charge in [-0.3, -0.25) is 0 Å². The summed E-state index contributed by atoms with van der Waals surface area (Å²) < 4.78 is 7.40. The minimum atomic E-state index is 0.172. The number of nitrogens with one attached hydrogen (secondary N) is 1. The molecule has 0 bridgehead atoms. The lowest BCUT2D eigenvalue weighted by Crippen LogP contribution is -2.60. The summed E-state index contributed by atoms with van der Waals surface area (Å²) in [6.45, 7) is 5.48. The average Bonchev–Trinajstić information content (AvgIpc) is 2.40. The topological polar surface area (TPSA) is 21.3 Å². The molecule has 2 aliphatic rings. The molecule has 1 saturated heterocycles. The molecule has 1 aliphatic carbocycles. The summed E-state index contributed by atoms with van der Waals surface area (Å²) in [5, 5.41) is 3.89. The van der Waals surface area contributed by atoms with E-state index < -0.39 is 0 Å². The number of hydrogen-bond donors (Lipinski definition) is 1. The van der Waals surface area contributed by atoms with Gasteiger partial charge in [0.1, 0.15) is 0 Å². The second-order valence-corrected chi connectivity index (χ2v) is 7.61. The average molecular weight is 338 g/mol. The van der Waals surface area contributed by atoms with Gasteiger partial charge in [0, 0.05) is 16.1 Å². The number of hydrogen-bond acceptors (Lipinski definition) is 2. The molecular formula is C17H24BrNO. The van der Waals surface area contributed by atoms with Crippen molar-refractivity contribution in [2.24, 2.45) is 5.92 Å². The van der Waals surface area contributed by atoms with Gasteiger partial charge in [-0.25, -0.2) is 0 Å². The van der Waals surface area contributed by atoms with Gasteiger partial charge in [-0.1, -0.05) is 47.8 Å². The maximum atomic E-state index is 6.28. The Balaban J connectivity index is 1.72. The summed E-state index contributed by atoms with van der Waals surface area (Å²) in [4.78, 5) is 0. The minimum absolute atomic E-state index is 0.172. The van der Waals surface area contributed by atoms with E-state index in [9.17, 15) is 0 Å². The van der Waals surface area contributed by atoms with Crippen molar-refractivity contribution >= 4 is 15.9 Å². The summed E-state index contributed by atoms with van der Waals surface area (Å²) in [7, 11) is 0. The van der Waals surface area contributed by atoms with E-state index in [-0.39, 0.29) is 11.6 Å². The van der Waals surface area contributed by atoms with Crippen molar-refractivity contribution < 1.29 is 4.74 Å². The minimum Gasteiger partial charge on any atom is -0.370 e.